The standard InChI is InChI=1S/C15H24N4OS/c1-5-7-16-14-17-12(19-15(3,4)6-8-20)11-9-10(2)21-13(11)18-14/h9,20H,5-8H2,1-4H3,(H2,16,17,18,19). The molecular weight excluding hydrogens is 284 g/mol. The van der Waals surface area contributed by atoms with E-state index in [4.69, 9.17) is 0 Å². The monoisotopic (exact) mass is 308 g/mol. The number of rotatable bonds is 7. The van der Waals surface area contributed by atoms with Crippen LogP contribution in [0.3, 0.4) is 0 Å². The molecule has 0 unspecified atom stereocenters. The van der Waals surface area contributed by atoms with Crippen LogP contribution in [0.4, 0.5) is 11.8 Å². The number of aromatic nitrogens is 2. The molecule has 0 aliphatic heterocycles. The highest BCUT2D eigenvalue weighted by atomic mass is 32.1. The van der Waals surface area contributed by atoms with Crippen LogP contribution in [0.15, 0.2) is 6.07 Å². The lowest BCUT2D eigenvalue weighted by Gasteiger charge is -2.26. The van der Waals surface area contributed by atoms with Crippen molar-refractivity contribution in [3.8, 4) is 0 Å². The van der Waals surface area contributed by atoms with Gasteiger partial charge in [0.1, 0.15) is 10.6 Å². The predicted octanol–water partition coefficient (Wildman–Crippen LogP) is 3.39. The van der Waals surface area contributed by atoms with Gasteiger partial charge in [-0.25, -0.2) is 4.98 Å². The number of anilines is 2. The van der Waals surface area contributed by atoms with Crippen molar-refractivity contribution in [2.24, 2.45) is 0 Å². The fraction of sp³-hybridized carbons (Fsp3) is 0.600. The number of nitrogens with one attached hydrogen (secondary N) is 2. The molecule has 0 saturated carbocycles. The molecule has 0 radical (unpaired) electrons. The van der Waals surface area contributed by atoms with Gasteiger partial charge in [0, 0.05) is 23.6 Å². The van der Waals surface area contributed by atoms with Gasteiger partial charge in [-0.1, -0.05) is 6.92 Å². The molecule has 0 aromatic carbocycles. The van der Waals surface area contributed by atoms with Crippen molar-refractivity contribution in [2.45, 2.75) is 46.1 Å². The summed E-state index contributed by atoms with van der Waals surface area (Å²) in [5.74, 6) is 1.50. The first-order valence-corrected chi connectivity index (χ1v) is 8.18. The third-order valence-corrected chi connectivity index (χ3v) is 4.19. The lowest BCUT2D eigenvalue weighted by molar-refractivity contribution is 0.260. The van der Waals surface area contributed by atoms with Gasteiger partial charge in [0.05, 0.1) is 5.39 Å². The fourth-order valence-corrected chi connectivity index (χ4v) is 3.00. The average Bonchev–Trinajstić information content (AvgIpc) is 2.76. The molecule has 2 aromatic heterocycles. The van der Waals surface area contributed by atoms with Gasteiger partial charge in [0.25, 0.3) is 0 Å². The second-order valence-electron chi connectivity index (χ2n) is 5.88. The van der Waals surface area contributed by atoms with E-state index in [0.29, 0.717) is 12.4 Å². The molecule has 0 aliphatic carbocycles. The van der Waals surface area contributed by atoms with E-state index < -0.39 is 0 Å². The quantitative estimate of drug-likeness (QED) is 0.731. The molecule has 0 fully saturated rings. The summed E-state index contributed by atoms with van der Waals surface area (Å²) in [6.07, 6.45) is 1.70. The number of aliphatic hydroxyl groups is 1. The average molecular weight is 308 g/mol. The molecule has 3 N–H and O–H groups in total. The number of aliphatic hydroxyl groups excluding tert-OH is 1. The van der Waals surface area contributed by atoms with Crippen LogP contribution in [0, 0.1) is 6.92 Å². The van der Waals surface area contributed by atoms with Gasteiger partial charge in [0.2, 0.25) is 5.95 Å². The van der Waals surface area contributed by atoms with Crippen molar-refractivity contribution in [1.29, 1.82) is 0 Å². The summed E-state index contributed by atoms with van der Waals surface area (Å²) in [7, 11) is 0. The van der Waals surface area contributed by atoms with Crippen LogP contribution >= 0.6 is 11.3 Å². The highest BCUT2D eigenvalue weighted by Gasteiger charge is 2.20. The Hall–Kier alpha value is -1.40. The van der Waals surface area contributed by atoms with Crippen LogP contribution in [-0.4, -0.2) is 33.8 Å². The van der Waals surface area contributed by atoms with Gasteiger partial charge >= 0.3 is 0 Å². The van der Waals surface area contributed by atoms with E-state index in [-0.39, 0.29) is 12.1 Å². The SMILES string of the molecule is CCCNc1nc(NC(C)(C)CCO)c2cc(C)sc2n1. The zero-order chi connectivity index (χ0) is 15.5. The lowest BCUT2D eigenvalue weighted by atomic mass is 10.0. The molecule has 0 amide bonds. The molecule has 0 spiro atoms. The molecular formula is C15H24N4OS. The van der Waals surface area contributed by atoms with Gasteiger partial charge in [-0.2, -0.15) is 4.98 Å². The molecule has 6 heteroatoms. The molecule has 0 saturated heterocycles. The second-order valence-corrected chi connectivity index (χ2v) is 7.12. The van der Waals surface area contributed by atoms with Crippen molar-refractivity contribution < 1.29 is 5.11 Å². The van der Waals surface area contributed by atoms with Crippen LogP contribution in [-0.2, 0) is 0 Å². The van der Waals surface area contributed by atoms with E-state index in [1.165, 1.54) is 4.88 Å². The van der Waals surface area contributed by atoms with Crippen molar-refractivity contribution in [3.05, 3.63) is 10.9 Å². The predicted molar refractivity (Wildman–Crippen MR) is 90.3 cm³/mol. The summed E-state index contributed by atoms with van der Waals surface area (Å²) in [6, 6.07) is 2.11. The highest BCUT2D eigenvalue weighted by Crippen LogP contribution is 2.31. The van der Waals surface area contributed by atoms with E-state index in [0.717, 1.165) is 29.0 Å². The Bertz CT molecular complexity index is 609. The van der Waals surface area contributed by atoms with Crippen molar-refractivity contribution in [3.63, 3.8) is 0 Å². The minimum absolute atomic E-state index is 0.151. The Labute approximate surface area is 129 Å². The molecule has 21 heavy (non-hydrogen) atoms. The van der Waals surface area contributed by atoms with E-state index in [9.17, 15) is 5.11 Å². The first kappa shape index (κ1) is 16.0. The number of nitrogens with zero attached hydrogens (tertiary/aromatic N) is 2. The Balaban J connectivity index is 2.39. The van der Waals surface area contributed by atoms with Crippen LogP contribution in [0.25, 0.3) is 10.2 Å². The van der Waals surface area contributed by atoms with Gasteiger partial charge in [-0.15, -0.1) is 11.3 Å². The summed E-state index contributed by atoms with van der Waals surface area (Å²) in [4.78, 5) is 11.4. The number of hydrogen-bond donors (Lipinski definition) is 3. The molecule has 2 heterocycles. The molecule has 116 valence electrons. The maximum absolute atomic E-state index is 9.18. The van der Waals surface area contributed by atoms with Gasteiger partial charge in [0.15, 0.2) is 0 Å². The number of hydrogen-bond acceptors (Lipinski definition) is 6. The number of thiophene rings is 1. The van der Waals surface area contributed by atoms with Gasteiger partial charge < -0.3 is 15.7 Å². The molecule has 0 atom stereocenters. The largest absolute Gasteiger partial charge is 0.396 e. The molecule has 0 aliphatic rings. The number of fused-ring (bicyclic) bond motifs is 1. The smallest absolute Gasteiger partial charge is 0.226 e. The molecule has 2 rings (SSSR count). The van der Waals surface area contributed by atoms with Crippen molar-refractivity contribution in [1.82, 2.24) is 9.97 Å². The first-order valence-electron chi connectivity index (χ1n) is 7.36. The maximum atomic E-state index is 9.18. The Kier molecular flexibility index (Phi) is 5.00. The summed E-state index contributed by atoms with van der Waals surface area (Å²) in [6.45, 7) is 9.33. The van der Waals surface area contributed by atoms with E-state index in [1.807, 2.05) is 0 Å². The van der Waals surface area contributed by atoms with Gasteiger partial charge in [-0.3, -0.25) is 0 Å². The normalized spacial score (nSPS) is 11.9. The van der Waals surface area contributed by atoms with E-state index >= 15 is 0 Å². The van der Waals surface area contributed by atoms with E-state index in [1.54, 1.807) is 11.3 Å². The highest BCUT2D eigenvalue weighted by molar-refractivity contribution is 7.18. The van der Waals surface area contributed by atoms with Crippen LogP contribution in [0.5, 0.6) is 0 Å². The van der Waals surface area contributed by atoms with Gasteiger partial charge in [-0.05, 0) is 39.7 Å². The third-order valence-electron chi connectivity index (χ3n) is 3.24. The zero-order valence-corrected chi connectivity index (χ0v) is 14.0. The lowest BCUT2D eigenvalue weighted by Crippen LogP contribution is -2.32. The van der Waals surface area contributed by atoms with E-state index in [2.05, 4.69) is 54.4 Å². The topological polar surface area (TPSA) is 70.1 Å². The summed E-state index contributed by atoms with van der Waals surface area (Å²) in [5, 5.41) is 16.9. The minimum Gasteiger partial charge on any atom is -0.396 e. The minimum atomic E-state index is -0.214. The summed E-state index contributed by atoms with van der Waals surface area (Å²) in [5.41, 5.74) is -0.214. The van der Waals surface area contributed by atoms with Crippen LogP contribution in [0.2, 0.25) is 0 Å². The summed E-state index contributed by atoms with van der Waals surface area (Å²) < 4.78 is 0. The Morgan fingerprint density at radius 3 is 2.76 bits per heavy atom. The second kappa shape index (κ2) is 6.58. The van der Waals surface area contributed by atoms with Crippen molar-refractivity contribution >= 4 is 33.3 Å². The Morgan fingerprint density at radius 1 is 1.33 bits per heavy atom. The molecule has 2 aromatic rings. The van der Waals surface area contributed by atoms with Crippen molar-refractivity contribution in [2.75, 3.05) is 23.8 Å². The maximum Gasteiger partial charge on any atom is 0.226 e. The number of aryl methyl sites for hydroxylation is 1. The molecule has 5 nitrogen and oxygen atoms in total. The zero-order valence-electron chi connectivity index (χ0n) is 13.2. The Morgan fingerprint density at radius 2 is 2.10 bits per heavy atom. The van der Waals surface area contributed by atoms with Crippen LogP contribution < -0.4 is 10.6 Å². The summed E-state index contributed by atoms with van der Waals surface area (Å²) >= 11 is 1.67. The molecule has 0 bridgehead atoms. The third kappa shape index (κ3) is 4.04. The van der Waals surface area contributed by atoms with Crippen LogP contribution in [0.1, 0.15) is 38.5 Å². The fourth-order valence-electron chi connectivity index (χ4n) is 2.12. The first-order chi connectivity index (χ1) is 9.95.